The first kappa shape index (κ1) is 28.7. The first-order chi connectivity index (χ1) is 20.1. The molecule has 8 nitrogen and oxygen atoms in total. The number of likely N-dealkylation sites (N-methyl/N-ethyl adjacent to an activating group) is 1. The molecule has 42 heavy (non-hydrogen) atoms. The second kappa shape index (κ2) is 12.0. The molecule has 0 aliphatic carbocycles. The fourth-order valence-corrected chi connectivity index (χ4v) is 4.54. The zero-order chi connectivity index (χ0) is 29.9. The third-order valence-corrected chi connectivity index (χ3v) is 6.73. The third-order valence-electron chi connectivity index (χ3n) is 6.73. The van der Waals surface area contributed by atoms with E-state index in [1.54, 1.807) is 41.1 Å². The summed E-state index contributed by atoms with van der Waals surface area (Å²) < 4.78 is 42.5. The number of pyridine rings is 1. The van der Waals surface area contributed by atoms with Gasteiger partial charge in [-0.25, -0.2) is 15.0 Å². The molecule has 11 heteroatoms. The van der Waals surface area contributed by atoms with Crippen LogP contribution in [0, 0.1) is 0 Å². The fraction of sp³-hybridized carbons (Fsp3) is 0.226. The van der Waals surface area contributed by atoms with Gasteiger partial charge in [-0.1, -0.05) is 42.5 Å². The van der Waals surface area contributed by atoms with Crippen molar-refractivity contribution in [1.29, 1.82) is 0 Å². The van der Waals surface area contributed by atoms with Crippen molar-refractivity contribution in [2.45, 2.75) is 19.1 Å². The van der Waals surface area contributed by atoms with Crippen LogP contribution in [0.1, 0.15) is 34.5 Å². The highest BCUT2D eigenvalue weighted by molar-refractivity contribution is 5.94. The molecule has 2 N–H and O–H groups in total. The minimum atomic E-state index is -4.52. The van der Waals surface area contributed by atoms with Crippen LogP contribution in [0.4, 0.5) is 19.1 Å². The summed E-state index contributed by atoms with van der Waals surface area (Å²) in [4.78, 5) is 28.7. The van der Waals surface area contributed by atoms with E-state index in [0.29, 0.717) is 47.3 Å². The molecule has 5 aromatic rings. The molecular formula is C31H30F3N7O. The van der Waals surface area contributed by atoms with Crippen molar-refractivity contribution in [3.05, 3.63) is 102 Å². The van der Waals surface area contributed by atoms with Gasteiger partial charge in [-0.15, -0.1) is 0 Å². The summed E-state index contributed by atoms with van der Waals surface area (Å²) in [6, 6.07) is 19.7. The largest absolute Gasteiger partial charge is 0.416 e. The van der Waals surface area contributed by atoms with E-state index in [1.165, 1.54) is 6.07 Å². The van der Waals surface area contributed by atoms with Crippen LogP contribution in [-0.2, 0) is 6.18 Å². The number of fused-ring (bicyclic) bond motifs is 1. The highest BCUT2D eigenvalue weighted by Gasteiger charge is 2.31. The number of carbonyl (C=O) groups is 1. The van der Waals surface area contributed by atoms with Gasteiger partial charge in [-0.2, -0.15) is 13.2 Å². The second-order valence-corrected chi connectivity index (χ2v) is 10.1. The molecule has 5 rings (SSSR count). The third kappa shape index (κ3) is 6.41. The summed E-state index contributed by atoms with van der Waals surface area (Å²) in [5.41, 5.74) is 2.51. The molecule has 1 atom stereocenters. The van der Waals surface area contributed by atoms with E-state index in [1.807, 2.05) is 56.3 Å². The van der Waals surface area contributed by atoms with Crippen molar-refractivity contribution in [3.8, 4) is 22.6 Å². The first-order valence-corrected chi connectivity index (χ1v) is 13.4. The lowest BCUT2D eigenvalue weighted by Gasteiger charge is -2.15. The number of imidazole rings is 1. The molecule has 0 saturated heterocycles. The Kier molecular flexibility index (Phi) is 8.21. The van der Waals surface area contributed by atoms with Crippen molar-refractivity contribution in [2.24, 2.45) is 0 Å². The number of hydrogen-bond donors (Lipinski definition) is 2. The molecule has 0 spiro atoms. The van der Waals surface area contributed by atoms with Crippen molar-refractivity contribution in [2.75, 3.05) is 32.5 Å². The van der Waals surface area contributed by atoms with Crippen molar-refractivity contribution in [3.63, 3.8) is 0 Å². The van der Waals surface area contributed by atoms with Gasteiger partial charge >= 0.3 is 6.18 Å². The van der Waals surface area contributed by atoms with Crippen LogP contribution in [0.25, 0.3) is 28.3 Å². The number of aromatic nitrogens is 4. The van der Waals surface area contributed by atoms with Gasteiger partial charge in [0.05, 0.1) is 34.3 Å². The zero-order valence-corrected chi connectivity index (χ0v) is 23.4. The summed E-state index contributed by atoms with van der Waals surface area (Å²) in [5.74, 6) is 0.0622. The number of rotatable bonds is 9. The maximum atomic E-state index is 13.6. The first-order valence-electron chi connectivity index (χ1n) is 13.4. The number of benzene rings is 2. The number of alkyl halides is 3. The summed E-state index contributed by atoms with van der Waals surface area (Å²) in [7, 11) is 3.83. The summed E-state index contributed by atoms with van der Waals surface area (Å²) >= 11 is 0. The summed E-state index contributed by atoms with van der Waals surface area (Å²) in [6.07, 6.45) is -1.32. The quantitative estimate of drug-likeness (QED) is 0.227. The van der Waals surface area contributed by atoms with Crippen LogP contribution in [0.15, 0.2) is 85.2 Å². The minimum absolute atomic E-state index is 0.107. The van der Waals surface area contributed by atoms with Gasteiger partial charge in [0, 0.05) is 31.0 Å². The molecule has 0 aliphatic heterocycles. The summed E-state index contributed by atoms with van der Waals surface area (Å²) in [5, 5.41) is 6.18. The predicted octanol–water partition coefficient (Wildman–Crippen LogP) is 5.94. The molecule has 216 valence electrons. The Morgan fingerprint density at radius 1 is 1.00 bits per heavy atom. The topological polar surface area (TPSA) is 87.4 Å². The molecule has 0 fully saturated rings. The summed E-state index contributed by atoms with van der Waals surface area (Å²) in [6.45, 7) is 3.10. The van der Waals surface area contributed by atoms with E-state index >= 15 is 0 Å². The van der Waals surface area contributed by atoms with Crippen LogP contribution < -0.4 is 10.6 Å². The number of nitrogens with zero attached hydrogens (tertiary/aromatic N) is 5. The van der Waals surface area contributed by atoms with Crippen molar-refractivity contribution >= 4 is 17.5 Å². The Morgan fingerprint density at radius 3 is 2.52 bits per heavy atom. The number of hydrogen-bond acceptors (Lipinski definition) is 6. The lowest BCUT2D eigenvalue weighted by Crippen LogP contribution is -2.31. The van der Waals surface area contributed by atoms with E-state index < -0.39 is 11.7 Å². The predicted molar refractivity (Wildman–Crippen MR) is 156 cm³/mol. The fourth-order valence-electron chi connectivity index (χ4n) is 4.54. The lowest BCUT2D eigenvalue weighted by molar-refractivity contribution is -0.137. The van der Waals surface area contributed by atoms with Crippen molar-refractivity contribution in [1.82, 2.24) is 29.6 Å². The number of nitrogens with one attached hydrogen (secondary N) is 2. The molecule has 3 heterocycles. The van der Waals surface area contributed by atoms with Gasteiger partial charge in [0.25, 0.3) is 5.91 Å². The van der Waals surface area contributed by atoms with E-state index in [4.69, 9.17) is 4.98 Å². The molecular weight excluding hydrogens is 543 g/mol. The molecule has 0 radical (unpaired) electrons. The molecule has 3 aromatic heterocycles. The molecule has 0 aliphatic rings. The molecule has 0 saturated carbocycles. The van der Waals surface area contributed by atoms with Crippen molar-refractivity contribution < 1.29 is 18.0 Å². The maximum absolute atomic E-state index is 13.6. The monoisotopic (exact) mass is 573 g/mol. The van der Waals surface area contributed by atoms with Crippen LogP contribution in [0.5, 0.6) is 0 Å². The highest BCUT2D eigenvalue weighted by Crippen LogP contribution is 2.36. The van der Waals surface area contributed by atoms with Gasteiger partial charge < -0.3 is 15.5 Å². The SMILES string of the molecule is C[C@H](Nc1nccc(-c2c(-c3cccc(C(F)(F)F)c3)nc3ccc(C(=O)NCCN(C)C)cn23)n1)c1ccccc1. The maximum Gasteiger partial charge on any atom is 0.416 e. The van der Waals surface area contributed by atoms with Gasteiger partial charge in [0.15, 0.2) is 0 Å². The molecule has 1 amide bonds. The standard InChI is InChI=1S/C31H30F3N7O/c1-20(21-8-5-4-6-9-21)37-30-36-15-14-25(38-30)28-27(22-10-7-11-24(18-22)31(32,33)34)39-26-13-12-23(19-41(26)28)29(42)35-16-17-40(2)3/h4-15,18-20H,16-17H2,1-3H3,(H,35,42)(H,36,37,38)/t20-/m0/s1. The Hall–Kier alpha value is -4.77. The number of amides is 1. The van der Waals surface area contributed by atoms with Crippen LogP contribution >= 0.6 is 0 Å². The molecule has 2 aromatic carbocycles. The van der Waals surface area contributed by atoms with E-state index in [9.17, 15) is 18.0 Å². The Balaban J connectivity index is 1.60. The Bertz CT molecular complexity index is 1700. The minimum Gasteiger partial charge on any atom is -0.351 e. The van der Waals surface area contributed by atoms with Crippen LogP contribution in [0.2, 0.25) is 0 Å². The van der Waals surface area contributed by atoms with Gasteiger partial charge in [-0.3, -0.25) is 9.20 Å². The average molecular weight is 574 g/mol. The number of halogens is 3. The molecule has 0 unspecified atom stereocenters. The zero-order valence-electron chi connectivity index (χ0n) is 23.4. The Labute approximate surface area is 241 Å². The van der Waals surface area contributed by atoms with E-state index in [0.717, 1.165) is 17.7 Å². The van der Waals surface area contributed by atoms with Gasteiger partial charge in [0.2, 0.25) is 5.95 Å². The van der Waals surface area contributed by atoms with Gasteiger partial charge in [0.1, 0.15) is 5.65 Å². The molecule has 0 bridgehead atoms. The van der Waals surface area contributed by atoms with E-state index in [-0.39, 0.29) is 17.5 Å². The van der Waals surface area contributed by atoms with Gasteiger partial charge in [-0.05, 0) is 56.9 Å². The average Bonchev–Trinajstić information content (AvgIpc) is 3.36. The second-order valence-electron chi connectivity index (χ2n) is 10.1. The van der Waals surface area contributed by atoms with E-state index in [2.05, 4.69) is 20.6 Å². The van der Waals surface area contributed by atoms with Crippen LogP contribution in [0.3, 0.4) is 0 Å². The van der Waals surface area contributed by atoms with Crippen LogP contribution in [-0.4, -0.2) is 57.3 Å². The number of carbonyl (C=O) groups excluding carboxylic acids is 1. The smallest absolute Gasteiger partial charge is 0.351 e. The normalized spacial score (nSPS) is 12.5. The number of anilines is 1. The Morgan fingerprint density at radius 2 is 1.79 bits per heavy atom. The lowest BCUT2D eigenvalue weighted by atomic mass is 10.0. The highest BCUT2D eigenvalue weighted by atomic mass is 19.4.